The van der Waals surface area contributed by atoms with Gasteiger partial charge in [-0.25, -0.2) is 9.97 Å². The van der Waals surface area contributed by atoms with Crippen molar-refractivity contribution in [2.45, 2.75) is 0 Å². The predicted octanol–water partition coefficient (Wildman–Crippen LogP) is 1.12. The highest BCUT2D eigenvalue weighted by molar-refractivity contribution is 6.29. The highest BCUT2D eigenvalue weighted by Gasteiger charge is 2.08. The standard InChI is InChI=1S/C9H8ClN5O/c1-15-4-6(3-13-15)9(16)14-8-2-7(10)11-5-12-8/h2-5H,1H3,(H,11,12,14,16). The fourth-order valence-electron chi connectivity index (χ4n) is 1.13. The van der Waals surface area contributed by atoms with Crippen molar-refractivity contribution in [2.75, 3.05) is 5.32 Å². The second kappa shape index (κ2) is 4.28. The summed E-state index contributed by atoms with van der Waals surface area (Å²) in [5.41, 5.74) is 0.456. The van der Waals surface area contributed by atoms with Gasteiger partial charge >= 0.3 is 0 Å². The van der Waals surface area contributed by atoms with Gasteiger partial charge in [0.2, 0.25) is 0 Å². The van der Waals surface area contributed by atoms with E-state index in [0.29, 0.717) is 11.4 Å². The molecule has 2 aromatic heterocycles. The van der Waals surface area contributed by atoms with Crippen LogP contribution in [0, 0.1) is 0 Å². The van der Waals surface area contributed by atoms with Gasteiger partial charge in [-0.05, 0) is 0 Å². The molecule has 2 aromatic rings. The second-order valence-electron chi connectivity index (χ2n) is 3.08. The molecule has 0 fully saturated rings. The molecular formula is C9H8ClN5O. The molecule has 2 heterocycles. The van der Waals surface area contributed by atoms with Gasteiger partial charge in [0, 0.05) is 19.3 Å². The first-order valence-corrected chi connectivity index (χ1v) is 4.80. The van der Waals surface area contributed by atoms with Crippen LogP contribution in [-0.4, -0.2) is 25.7 Å². The SMILES string of the molecule is Cn1cc(C(=O)Nc2cc(Cl)ncn2)cn1. The number of anilines is 1. The summed E-state index contributed by atoms with van der Waals surface area (Å²) in [5, 5.41) is 6.75. The molecule has 16 heavy (non-hydrogen) atoms. The molecule has 0 aliphatic carbocycles. The molecule has 1 N–H and O–H groups in total. The second-order valence-corrected chi connectivity index (χ2v) is 3.47. The van der Waals surface area contributed by atoms with Gasteiger partial charge < -0.3 is 5.32 Å². The van der Waals surface area contributed by atoms with Crippen LogP contribution < -0.4 is 5.32 Å². The molecule has 7 heteroatoms. The lowest BCUT2D eigenvalue weighted by molar-refractivity contribution is 0.102. The van der Waals surface area contributed by atoms with Crippen LogP contribution in [0.2, 0.25) is 5.15 Å². The normalized spacial score (nSPS) is 10.1. The molecule has 0 saturated carbocycles. The molecule has 0 spiro atoms. The number of aromatic nitrogens is 4. The Kier molecular flexibility index (Phi) is 2.82. The third-order valence-corrected chi connectivity index (χ3v) is 2.05. The fraction of sp³-hybridized carbons (Fsp3) is 0.111. The van der Waals surface area contributed by atoms with Gasteiger partial charge in [0.25, 0.3) is 5.91 Å². The van der Waals surface area contributed by atoms with Gasteiger partial charge in [0.05, 0.1) is 11.8 Å². The lowest BCUT2D eigenvalue weighted by Gasteiger charge is -2.01. The number of carbonyl (C=O) groups excluding carboxylic acids is 1. The van der Waals surface area contributed by atoms with E-state index in [4.69, 9.17) is 11.6 Å². The highest BCUT2D eigenvalue weighted by atomic mass is 35.5. The number of rotatable bonds is 2. The topological polar surface area (TPSA) is 72.7 Å². The van der Waals surface area contributed by atoms with Crippen molar-refractivity contribution >= 4 is 23.3 Å². The van der Waals surface area contributed by atoms with Crippen LogP contribution in [0.4, 0.5) is 5.82 Å². The summed E-state index contributed by atoms with van der Waals surface area (Å²) in [6.07, 6.45) is 4.36. The first-order chi connectivity index (χ1) is 7.65. The molecule has 0 radical (unpaired) electrons. The van der Waals surface area contributed by atoms with Crippen molar-refractivity contribution < 1.29 is 4.79 Å². The van der Waals surface area contributed by atoms with E-state index in [1.807, 2.05) is 0 Å². The lowest BCUT2D eigenvalue weighted by Crippen LogP contribution is -2.12. The highest BCUT2D eigenvalue weighted by Crippen LogP contribution is 2.09. The number of nitrogens with zero attached hydrogens (tertiary/aromatic N) is 4. The number of aryl methyl sites for hydroxylation is 1. The summed E-state index contributed by atoms with van der Waals surface area (Å²) >= 11 is 5.66. The van der Waals surface area contributed by atoms with Crippen molar-refractivity contribution in [3.8, 4) is 0 Å². The summed E-state index contributed by atoms with van der Waals surface area (Å²) in [4.78, 5) is 19.2. The van der Waals surface area contributed by atoms with Gasteiger partial charge in [0.15, 0.2) is 0 Å². The summed E-state index contributed by atoms with van der Waals surface area (Å²) in [5.74, 6) is 0.0664. The minimum atomic E-state index is -0.289. The van der Waals surface area contributed by atoms with Crippen LogP contribution in [0.15, 0.2) is 24.8 Å². The lowest BCUT2D eigenvalue weighted by atomic mass is 10.3. The van der Waals surface area contributed by atoms with Gasteiger partial charge in [-0.3, -0.25) is 9.48 Å². The van der Waals surface area contributed by atoms with Crippen LogP contribution in [0.1, 0.15) is 10.4 Å². The average molecular weight is 238 g/mol. The maximum Gasteiger partial charge on any atom is 0.260 e. The van der Waals surface area contributed by atoms with Crippen LogP contribution in [0.3, 0.4) is 0 Å². The molecule has 0 atom stereocenters. The van der Waals surface area contributed by atoms with E-state index in [0.717, 1.165) is 0 Å². The molecular weight excluding hydrogens is 230 g/mol. The Balaban J connectivity index is 2.13. The van der Waals surface area contributed by atoms with Crippen molar-refractivity contribution in [3.05, 3.63) is 35.5 Å². The quantitative estimate of drug-likeness (QED) is 0.795. The molecule has 1 amide bonds. The van der Waals surface area contributed by atoms with Crippen LogP contribution in [0.25, 0.3) is 0 Å². The molecule has 0 bridgehead atoms. The van der Waals surface area contributed by atoms with Gasteiger partial charge in [-0.1, -0.05) is 11.6 Å². The summed E-state index contributed by atoms with van der Waals surface area (Å²) < 4.78 is 1.54. The van der Waals surface area contributed by atoms with Crippen molar-refractivity contribution in [1.29, 1.82) is 0 Å². The van der Waals surface area contributed by atoms with Gasteiger partial charge in [-0.15, -0.1) is 0 Å². The van der Waals surface area contributed by atoms with E-state index in [9.17, 15) is 4.79 Å². The Morgan fingerprint density at radius 2 is 2.31 bits per heavy atom. The molecule has 2 rings (SSSR count). The molecule has 0 saturated heterocycles. The zero-order valence-corrected chi connectivity index (χ0v) is 9.14. The van der Waals surface area contributed by atoms with Crippen molar-refractivity contribution in [1.82, 2.24) is 19.7 Å². The fourth-order valence-corrected chi connectivity index (χ4v) is 1.28. The van der Waals surface area contributed by atoms with E-state index in [1.165, 1.54) is 18.6 Å². The van der Waals surface area contributed by atoms with Crippen molar-refractivity contribution in [3.63, 3.8) is 0 Å². The Bertz CT molecular complexity index is 524. The molecule has 0 aromatic carbocycles. The predicted molar refractivity (Wildman–Crippen MR) is 58.2 cm³/mol. The summed E-state index contributed by atoms with van der Waals surface area (Å²) in [6, 6.07) is 1.47. The smallest absolute Gasteiger partial charge is 0.260 e. The Hall–Kier alpha value is -1.95. The Labute approximate surface area is 96.3 Å². The van der Waals surface area contributed by atoms with Gasteiger partial charge in [-0.2, -0.15) is 5.10 Å². The molecule has 0 unspecified atom stereocenters. The van der Waals surface area contributed by atoms with E-state index < -0.39 is 0 Å². The van der Waals surface area contributed by atoms with Crippen LogP contribution >= 0.6 is 11.6 Å². The monoisotopic (exact) mass is 237 g/mol. The minimum Gasteiger partial charge on any atom is -0.306 e. The number of hydrogen-bond donors (Lipinski definition) is 1. The zero-order valence-electron chi connectivity index (χ0n) is 8.38. The average Bonchev–Trinajstić information content (AvgIpc) is 2.65. The maximum absolute atomic E-state index is 11.7. The molecule has 0 aliphatic rings. The first kappa shape index (κ1) is 10.6. The minimum absolute atomic E-state index is 0.275. The third-order valence-electron chi connectivity index (χ3n) is 1.84. The van der Waals surface area contributed by atoms with E-state index in [1.54, 1.807) is 17.9 Å². The third kappa shape index (κ3) is 2.34. The van der Waals surface area contributed by atoms with E-state index in [2.05, 4.69) is 20.4 Å². The van der Waals surface area contributed by atoms with E-state index in [-0.39, 0.29) is 11.1 Å². The zero-order chi connectivity index (χ0) is 11.5. The Morgan fingerprint density at radius 1 is 1.50 bits per heavy atom. The first-order valence-electron chi connectivity index (χ1n) is 4.43. The van der Waals surface area contributed by atoms with Crippen LogP contribution in [0.5, 0.6) is 0 Å². The Morgan fingerprint density at radius 3 is 2.94 bits per heavy atom. The van der Waals surface area contributed by atoms with E-state index >= 15 is 0 Å². The van der Waals surface area contributed by atoms with Crippen LogP contribution in [-0.2, 0) is 7.05 Å². The molecule has 82 valence electrons. The molecule has 6 nitrogen and oxygen atoms in total. The number of halogens is 1. The largest absolute Gasteiger partial charge is 0.306 e. The van der Waals surface area contributed by atoms with Gasteiger partial charge in [0.1, 0.15) is 17.3 Å². The summed E-state index contributed by atoms with van der Waals surface area (Å²) in [7, 11) is 1.73. The summed E-state index contributed by atoms with van der Waals surface area (Å²) in [6.45, 7) is 0. The molecule has 0 aliphatic heterocycles. The number of carbonyl (C=O) groups is 1. The number of nitrogens with one attached hydrogen (secondary N) is 1. The maximum atomic E-state index is 11.7. The van der Waals surface area contributed by atoms with Crippen molar-refractivity contribution in [2.24, 2.45) is 7.05 Å². The number of hydrogen-bond acceptors (Lipinski definition) is 4. The number of amides is 1.